The van der Waals surface area contributed by atoms with Crippen LogP contribution >= 0.6 is 11.6 Å². The molecular weight excluding hydrogens is 237 g/mol. The first-order valence-electron chi connectivity index (χ1n) is 5.42. The van der Waals surface area contributed by atoms with Crippen molar-refractivity contribution in [1.82, 2.24) is 0 Å². The molecule has 0 fully saturated rings. The maximum Gasteiger partial charge on any atom is 0.145 e. The number of nitrogens with two attached hydrogens (primary N) is 1. The quantitative estimate of drug-likeness (QED) is 0.882. The van der Waals surface area contributed by atoms with Crippen LogP contribution < -0.4 is 5.73 Å². The third-order valence-electron chi connectivity index (χ3n) is 2.70. The third-order valence-corrected chi connectivity index (χ3v) is 2.99. The van der Waals surface area contributed by atoms with E-state index < -0.39 is 0 Å². The summed E-state index contributed by atoms with van der Waals surface area (Å²) in [4.78, 5) is 0. The Morgan fingerprint density at radius 3 is 2.47 bits per heavy atom. The largest absolute Gasteiger partial charge is 0.324 e. The molecule has 0 saturated heterocycles. The first-order chi connectivity index (χ1) is 8.18. The smallest absolute Gasteiger partial charge is 0.145 e. The minimum atomic E-state index is -0.374. The van der Waals surface area contributed by atoms with Crippen LogP contribution in [0.1, 0.15) is 17.2 Å². The van der Waals surface area contributed by atoms with Gasteiger partial charge in [0.25, 0.3) is 0 Å². The van der Waals surface area contributed by atoms with Gasteiger partial charge in [0.15, 0.2) is 0 Å². The number of halogens is 2. The van der Waals surface area contributed by atoms with Gasteiger partial charge in [-0.15, -0.1) is 0 Å². The van der Waals surface area contributed by atoms with Crippen molar-refractivity contribution in [3.63, 3.8) is 0 Å². The van der Waals surface area contributed by atoms with Crippen LogP contribution in [0, 0.1) is 5.82 Å². The average Bonchev–Trinajstić information content (AvgIpc) is 2.36. The van der Waals surface area contributed by atoms with Crippen molar-refractivity contribution in [2.24, 2.45) is 5.73 Å². The van der Waals surface area contributed by atoms with E-state index in [1.54, 1.807) is 12.1 Å². The summed E-state index contributed by atoms with van der Waals surface area (Å²) in [7, 11) is 0. The Balaban J connectivity index is 2.19. The fourth-order valence-corrected chi connectivity index (χ4v) is 1.96. The Kier molecular flexibility index (Phi) is 3.77. The summed E-state index contributed by atoms with van der Waals surface area (Å²) in [5.41, 5.74) is 7.58. The molecule has 17 heavy (non-hydrogen) atoms. The van der Waals surface area contributed by atoms with Crippen LogP contribution in [-0.4, -0.2) is 0 Å². The molecule has 2 aromatic rings. The summed E-state index contributed by atoms with van der Waals surface area (Å²) in [5, 5.41) is 0.141. The molecule has 0 spiro atoms. The van der Waals surface area contributed by atoms with Crippen LogP contribution in [0.3, 0.4) is 0 Å². The summed E-state index contributed by atoms with van der Waals surface area (Å²) >= 11 is 5.73. The Morgan fingerprint density at radius 2 is 1.76 bits per heavy atom. The lowest BCUT2D eigenvalue weighted by molar-refractivity contribution is 0.594. The minimum absolute atomic E-state index is 0.141. The molecule has 1 nitrogen and oxygen atoms in total. The molecule has 0 aromatic heterocycles. The molecule has 0 radical (unpaired) electrons. The van der Waals surface area contributed by atoms with E-state index in [2.05, 4.69) is 0 Å². The predicted molar refractivity (Wildman–Crippen MR) is 68.5 cm³/mol. The van der Waals surface area contributed by atoms with Gasteiger partial charge in [-0.1, -0.05) is 54.1 Å². The molecule has 0 saturated carbocycles. The lowest BCUT2D eigenvalue weighted by Gasteiger charge is -2.12. The van der Waals surface area contributed by atoms with E-state index in [1.807, 2.05) is 30.3 Å². The Labute approximate surface area is 105 Å². The fraction of sp³-hybridized carbons (Fsp3) is 0.143. The predicted octanol–water partition coefficient (Wildman–Crippen LogP) is 3.72. The summed E-state index contributed by atoms with van der Waals surface area (Å²) in [6, 6.07) is 14.4. The van der Waals surface area contributed by atoms with E-state index in [1.165, 1.54) is 6.07 Å². The van der Waals surface area contributed by atoms with Crippen LogP contribution in [0.5, 0.6) is 0 Å². The zero-order valence-corrected chi connectivity index (χ0v) is 9.99. The highest BCUT2D eigenvalue weighted by molar-refractivity contribution is 6.30. The second kappa shape index (κ2) is 5.30. The molecule has 0 aliphatic carbocycles. The highest BCUT2D eigenvalue weighted by atomic mass is 35.5. The Bertz CT molecular complexity index is 499. The number of hydrogen-bond acceptors (Lipinski definition) is 1. The second-order valence-corrected chi connectivity index (χ2v) is 4.34. The lowest BCUT2D eigenvalue weighted by Crippen LogP contribution is -2.14. The molecule has 2 rings (SSSR count). The topological polar surface area (TPSA) is 26.0 Å². The Hall–Kier alpha value is -1.38. The van der Waals surface area contributed by atoms with E-state index >= 15 is 0 Å². The summed E-state index contributed by atoms with van der Waals surface area (Å²) in [5.74, 6) is -0.374. The van der Waals surface area contributed by atoms with E-state index in [0.717, 1.165) is 5.56 Å². The van der Waals surface area contributed by atoms with Gasteiger partial charge in [0.1, 0.15) is 5.82 Å². The van der Waals surface area contributed by atoms with Crippen LogP contribution in [0.15, 0.2) is 48.5 Å². The van der Waals surface area contributed by atoms with Gasteiger partial charge in [-0.05, 0) is 23.6 Å². The lowest BCUT2D eigenvalue weighted by atomic mass is 9.99. The standard InChI is InChI=1S/C14H13ClFN/c15-12-8-4-7-11(14(12)16)9-13(17)10-5-2-1-3-6-10/h1-8,13H,9,17H2. The zero-order valence-electron chi connectivity index (χ0n) is 9.24. The van der Waals surface area contributed by atoms with Crippen molar-refractivity contribution in [1.29, 1.82) is 0 Å². The number of rotatable bonds is 3. The molecule has 2 aromatic carbocycles. The second-order valence-electron chi connectivity index (χ2n) is 3.93. The summed E-state index contributed by atoms with van der Waals surface area (Å²) in [6.45, 7) is 0. The Morgan fingerprint density at radius 1 is 1.06 bits per heavy atom. The van der Waals surface area contributed by atoms with E-state index in [0.29, 0.717) is 12.0 Å². The van der Waals surface area contributed by atoms with Crippen molar-refractivity contribution in [2.75, 3.05) is 0 Å². The van der Waals surface area contributed by atoms with E-state index in [-0.39, 0.29) is 16.9 Å². The fourth-order valence-electron chi connectivity index (χ4n) is 1.76. The van der Waals surface area contributed by atoms with Crippen LogP contribution in [0.25, 0.3) is 0 Å². The molecule has 1 atom stereocenters. The van der Waals surface area contributed by atoms with Crippen LogP contribution in [0.4, 0.5) is 4.39 Å². The van der Waals surface area contributed by atoms with Gasteiger partial charge in [0.05, 0.1) is 5.02 Å². The molecule has 0 amide bonds. The molecule has 88 valence electrons. The van der Waals surface area contributed by atoms with E-state index in [4.69, 9.17) is 17.3 Å². The molecule has 0 bridgehead atoms. The van der Waals surface area contributed by atoms with Crippen molar-refractivity contribution in [2.45, 2.75) is 12.5 Å². The first kappa shape index (κ1) is 12.1. The SMILES string of the molecule is NC(Cc1cccc(Cl)c1F)c1ccccc1. The highest BCUT2D eigenvalue weighted by Gasteiger charge is 2.11. The van der Waals surface area contributed by atoms with Crippen molar-refractivity contribution >= 4 is 11.6 Å². The molecule has 3 heteroatoms. The van der Waals surface area contributed by atoms with Crippen molar-refractivity contribution in [3.05, 3.63) is 70.5 Å². The van der Waals surface area contributed by atoms with Gasteiger partial charge in [0.2, 0.25) is 0 Å². The number of hydrogen-bond donors (Lipinski definition) is 1. The highest BCUT2D eigenvalue weighted by Crippen LogP contribution is 2.22. The van der Waals surface area contributed by atoms with Crippen LogP contribution in [-0.2, 0) is 6.42 Å². The summed E-state index contributed by atoms with van der Waals surface area (Å²) < 4.78 is 13.7. The van der Waals surface area contributed by atoms with Gasteiger partial charge in [-0.2, -0.15) is 0 Å². The first-order valence-corrected chi connectivity index (χ1v) is 5.79. The molecular formula is C14H13ClFN. The maximum atomic E-state index is 13.7. The molecule has 0 aliphatic heterocycles. The maximum absolute atomic E-state index is 13.7. The normalized spacial score (nSPS) is 12.4. The van der Waals surface area contributed by atoms with Crippen LogP contribution in [0.2, 0.25) is 5.02 Å². The third kappa shape index (κ3) is 2.84. The van der Waals surface area contributed by atoms with Gasteiger partial charge in [-0.3, -0.25) is 0 Å². The number of benzene rings is 2. The minimum Gasteiger partial charge on any atom is -0.324 e. The zero-order chi connectivity index (χ0) is 12.3. The molecule has 0 aliphatic rings. The van der Waals surface area contributed by atoms with Gasteiger partial charge in [0, 0.05) is 6.04 Å². The molecule has 0 heterocycles. The molecule has 2 N–H and O–H groups in total. The average molecular weight is 250 g/mol. The summed E-state index contributed by atoms with van der Waals surface area (Å²) in [6.07, 6.45) is 0.441. The molecule has 1 unspecified atom stereocenters. The van der Waals surface area contributed by atoms with Gasteiger partial charge in [-0.25, -0.2) is 4.39 Å². The van der Waals surface area contributed by atoms with E-state index in [9.17, 15) is 4.39 Å². The van der Waals surface area contributed by atoms with Gasteiger partial charge < -0.3 is 5.73 Å². The van der Waals surface area contributed by atoms with Crippen molar-refractivity contribution in [3.8, 4) is 0 Å². The van der Waals surface area contributed by atoms with Gasteiger partial charge >= 0.3 is 0 Å². The van der Waals surface area contributed by atoms with Crippen molar-refractivity contribution < 1.29 is 4.39 Å². The monoisotopic (exact) mass is 249 g/mol.